The van der Waals surface area contributed by atoms with Crippen LogP contribution in [0.15, 0.2) is 18.3 Å². The van der Waals surface area contributed by atoms with E-state index in [1.807, 2.05) is 6.20 Å². The summed E-state index contributed by atoms with van der Waals surface area (Å²) in [6.45, 7) is 6.34. The molecule has 0 radical (unpaired) electrons. The number of H-pyrrole nitrogens is 1. The van der Waals surface area contributed by atoms with Crippen LogP contribution in [0.1, 0.15) is 28.9 Å². The lowest BCUT2D eigenvalue weighted by molar-refractivity contribution is 0.918. The third-order valence-corrected chi connectivity index (χ3v) is 3.05. The zero-order chi connectivity index (χ0) is 13.1. The fourth-order valence-electron chi connectivity index (χ4n) is 2.40. The van der Waals surface area contributed by atoms with E-state index in [0.29, 0.717) is 12.8 Å². The van der Waals surface area contributed by atoms with Crippen LogP contribution in [0.3, 0.4) is 0 Å². The van der Waals surface area contributed by atoms with Gasteiger partial charge in [0.15, 0.2) is 0 Å². The van der Waals surface area contributed by atoms with Crippen molar-refractivity contribution < 1.29 is 0 Å². The molecule has 1 aromatic heterocycles. The molecule has 0 saturated heterocycles. The van der Waals surface area contributed by atoms with Crippen molar-refractivity contribution in [2.24, 2.45) is 0 Å². The number of rotatable bonds is 3. The number of hydrogen-bond acceptors (Lipinski definition) is 2. The van der Waals surface area contributed by atoms with E-state index in [-0.39, 0.29) is 0 Å². The van der Waals surface area contributed by atoms with E-state index < -0.39 is 0 Å². The lowest BCUT2D eigenvalue weighted by Gasteiger charge is -2.09. The van der Waals surface area contributed by atoms with Crippen molar-refractivity contribution in [2.75, 3.05) is 0 Å². The Morgan fingerprint density at radius 3 is 2.50 bits per heavy atom. The van der Waals surface area contributed by atoms with Crippen LogP contribution in [0.2, 0.25) is 0 Å². The maximum atomic E-state index is 8.58. The lowest BCUT2D eigenvalue weighted by atomic mass is 9.98. The Kier molecular flexibility index (Phi) is 3.47. The van der Waals surface area contributed by atoms with Crippen molar-refractivity contribution in [1.82, 2.24) is 9.97 Å². The van der Waals surface area contributed by atoms with Gasteiger partial charge in [-0.2, -0.15) is 5.26 Å². The predicted molar refractivity (Wildman–Crippen MR) is 72.2 cm³/mol. The zero-order valence-corrected chi connectivity index (χ0v) is 11.0. The van der Waals surface area contributed by atoms with Gasteiger partial charge in [0.25, 0.3) is 0 Å². The number of benzene rings is 1. The number of hydrogen-bond donors (Lipinski definition) is 1. The van der Waals surface area contributed by atoms with E-state index >= 15 is 0 Å². The van der Waals surface area contributed by atoms with E-state index in [1.165, 1.54) is 22.3 Å². The highest BCUT2D eigenvalue weighted by atomic mass is 14.9. The predicted octanol–water partition coefficient (Wildman–Crippen LogP) is 3.46. The molecule has 18 heavy (non-hydrogen) atoms. The third kappa shape index (κ3) is 2.43. The van der Waals surface area contributed by atoms with Crippen molar-refractivity contribution in [3.63, 3.8) is 0 Å². The summed E-state index contributed by atoms with van der Waals surface area (Å²) in [6.07, 6.45) is 3.04. The monoisotopic (exact) mass is 239 g/mol. The molecular formula is C15H17N3. The summed E-state index contributed by atoms with van der Waals surface area (Å²) in [5, 5.41) is 8.58. The lowest BCUT2D eigenvalue weighted by Crippen LogP contribution is -1.91. The van der Waals surface area contributed by atoms with Gasteiger partial charge in [0.05, 0.1) is 18.0 Å². The minimum Gasteiger partial charge on any atom is -0.342 e. The molecule has 1 heterocycles. The van der Waals surface area contributed by atoms with Crippen LogP contribution >= 0.6 is 0 Å². The maximum absolute atomic E-state index is 8.58. The van der Waals surface area contributed by atoms with Crippen molar-refractivity contribution in [1.29, 1.82) is 5.26 Å². The number of aromatic nitrogens is 2. The molecule has 0 amide bonds. The largest absolute Gasteiger partial charge is 0.342 e. The normalized spacial score (nSPS) is 10.3. The Morgan fingerprint density at radius 1 is 1.22 bits per heavy atom. The first-order valence-electron chi connectivity index (χ1n) is 6.11. The van der Waals surface area contributed by atoms with E-state index in [4.69, 9.17) is 5.26 Å². The molecule has 1 N–H and O–H groups in total. The van der Waals surface area contributed by atoms with Gasteiger partial charge in [0, 0.05) is 18.4 Å². The first-order valence-corrected chi connectivity index (χ1v) is 6.11. The number of aromatic amines is 1. The summed E-state index contributed by atoms with van der Waals surface area (Å²) >= 11 is 0. The average Bonchev–Trinajstić information content (AvgIpc) is 2.73. The zero-order valence-electron chi connectivity index (χ0n) is 11.0. The van der Waals surface area contributed by atoms with E-state index in [2.05, 4.69) is 48.9 Å². The van der Waals surface area contributed by atoms with Gasteiger partial charge in [0.1, 0.15) is 5.82 Å². The molecule has 92 valence electrons. The molecule has 0 fully saturated rings. The van der Waals surface area contributed by atoms with Crippen molar-refractivity contribution >= 4 is 0 Å². The van der Waals surface area contributed by atoms with Crippen molar-refractivity contribution in [3.8, 4) is 17.3 Å². The quantitative estimate of drug-likeness (QED) is 0.891. The second-order valence-electron chi connectivity index (χ2n) is 4.68. The topological polar surface area (TPSA) is 52.5 Å². The highest BCUT2D eigenvalue weighted by Gasteiger charge is 2.09. The fourth-order valence-corrected chi connectivity index (χ4v) is 2.40. The Labute approximate surface area is 107 Å². The Bertz CT molecular complexity index is 579. The molecule has 3 heteroatoms. The van der Waals surface area contributed by atoms with Crippen LogP contribution in [0.25, 0.3) is 11.3 Å². The molecule has 0 aliphatic heterocycles. The molecule has 0 spiro atoms. The number of nitrogens with zero attached hydrogens (tertiary/aromatic N) is 2. The minimum absolute atomic E-state index is 0.499. The standard InChI is InChI=1S/C15H17N3/c1-10-7-11(2)15(12(3)8-10)13-9-17-14(18-13)5-4-6-16/h7-9H,4-5H2,1-3H3,(H,17,18). The van der Waals surface area contributed by atoms with E-state index in [1.54, 1.807) is 0 Å². The molecule has 0 aliphatic carbocycles. The number of nitrogens with one attached hydrogen (secondary N) is 1. The van der Waals surface area contributed by atoms with Gasteiger partial charge in [-0.25, -0.2) is 4.98 Å². The molecule has 0 aliphatic rings. The van der Waals surface area contributed by atoms with Gasteiger partial charge in [0.2, 0.25) is 0 Å². The SMILES string of the molecule is Cc1cc(C)c(-c2cnc(CCC#N)[nH]2)c(C)c1. The minimum atomic E-state index is 0.499. The highest BCUT2D eigenvalue weighted by Crippen LogP contribution is 2.27. The molecule has 2 aromatic rings. The van der Waals surface area contributed by atoms with Crippen molar-refractivity contribution in [3.05, 3.63) is 40.8 Å². The number of nitriles is 1. The van der Waals surface area contributed by atoms with Crippen LogP contribution in [0.4, 0.5) is 0 Å². The van der Waals surface area contributed by atoms with Crippen LogP contribution in [0, 0.1) is 32.1 Å². The molecule has 1 aromatic carbocycles. The van der Waals surface area contributed by atoms with E-state index in [9.17, 15) is 0 Å². The first kappa shape index (κ1) is 12.4. The van der Waals surface area contributed by atoms with Crippen molar-refractivity contribution in [2.45, 2.75) is 33.6 Å². The number of imidazole rings is 1. The van der Waals surface area contributed by atoms with Crippen LogP contribution in [-0.2, 0) is 6.42 Å². The fraction of sp³-hybridized carbons (Fsp3) is 0.333. The molecule has 0 bridgehead atoms. The van der Waals surface area contributed by atoms with Crippen LogP contribution < -0.4 is 0 Å². The molecule has 0 unspecified atom stereocenters. The first-order chi connectivity index (χ1) is 8.61. The number of aryl methyl sites for hydroxylation is 4. The summed E-state index contributed by atoms with van der Waals surface area (Å²) < 4.78 is 0. The van der Waals surface area contributed by atoms with Gasteiger partial charge in [-0.3, -0.25) is 0 Å². The van der Waals surface area contributed by atoms with Gasteiger partial charge < -0.3 is 4.98 Å². The van der Waals surface area contributed by atoms with E-state index in [0.717, 1.165) is 11.5 Å². The van der Waals surface area contributed by atoms with Gasteiger partial charge >= 0.3 is 0 Å². The average molecular weight is 239 g/mol. The maximum Gasteiger partial charge on any atom is 0.107 e. The van der Waals surface area contributed by atoms with Gasteiger partial charge in [-0.15, -0.1) is 0 Å². The summed E-state index contributed by atoms with van der Waals surface area (Å²) in [6, 6.07) is 6.49. The highest BCUT2D eigenvalue weighted by molar-refractivity contribution is 5.67. The molecular weight excluding hydrogens is 222 g/mol. The second kappa shape index (κ2) is 5.05. The summed E-state index contributed by atoms with van der Waals surface area (Å²) in [5.41, 5.74) is 6.04. The Balaban J connectivity index is 2.38. The Hall–Kier alpha value is -2.08. The molecule has 0 atom stereocenters. The Morgan fingerprint density at radius 2 is 1.89 bits per heavy atom. The third-order valence-electron chi connectivity index (χ3n) is 3.05. The molecule has 0 saturated carbocycles. The smallest absolute Gasteiger partial charge is 0.107 e. The van der Waals surface area contributed by atoms with Gasteiger partial charge in [-0.1, -0.05) is 17.7 Å². The summed E-state index contributed by atoms with van der Waals surface area (Å²) in [4.78, 5) is 7.63. The van der Waals surface area contributed by atoms with Crippen LogP contribution in [0.5, 0.6) is 0 Å². The summed E-state index contributed by atoms with van der Waals surface area (Å²) in [5.74, 6) is 0.880. The molecule has 2 rings (SSSR count). The van der Waals surface area contributed by atoms with Crippen LogP contribution in [-0.4, -0.2) is 9.97 Å². The second-order valence-corrected chi connectivity index (χ2v) is 4.68. The summed E-state index contributed by atoms with van der Waals surface area (Å²) in [7, 11) is 0. The van der Waals surface area contributed by atoms with Gasteiger partial charge in [-0.05, 0) is 31.9 Å². The molecule has 3 nitrogen and oxygen atoms in total.